The molecule has 98 valence electrons. The van der Waals surface area contributed by atoms with Crippen molar-refractivity contribution in [3.8, 4) is 0 Å². The Hall–Kier alpha value is -1.03. The first-order valence-electron chi connectivity index (χ1n) is 6.14. The van der Waals surface area contributed by atoms with E-state index >= 15 is 0 Å². The first-order chi connectivity index (χ1) is 8.76. The van der Waals surface area contributed by atoms with Crippen molar-refractivity contribution >= 4 is 22.6 Å². The van der Waals surface area contributed by atoms with Crippen molar-refractivity contribution in [3.63, 3.8) is 0 Å². The molecule has 0 spiro atoms. The average molecular weight is 268 g/mol. The summed E-state index contributed by atoms with van der Waals surface area (Å²) in [6.07, 6.45) is 1.02. The van der Waals surface area contributed by atoms with Crippen LogP contribution < -0.4 is 5.32 Å². The largest absolute Gasteiger partial charge is 0.444 e. The number of hydrogen-bond acceptors (Lipinski definition) is 3. The lowest BCUT2D eigenvalue weighted by molar-refractivity contribution is 0.164. The maximum Gasteiger partial charge on any atom is 0.199 e. The molecule has 1 N–H and O–H groups in total. The van der Waals surface area contributed by atoms with Gasteiger partial charge in [-0.1, -0.05) is 25.1 Å². The Bertz CT molecular complexity index is 509. The van der Waals surface area contributed by atoms with Gasteiger partial charge >= 0.3 is 0 Å². The normalized spacial score (nSPS) is 13.1. The fourth-order valence-corrected chi connectivity index (χ4v) is 2.25. The van der Waals surface area contributed by atoms with E-state index in [1.54, 1.807) is 7.11 Å². The molecule has 1 aromatic heterocycles. The lowest BCUT2D eigenvalue weighted by Crippen LogP contribution is -2.32. The van der Waals surface area contributed by atoms with Crippen LogP contribution in [0.3, 0.4) is 0 Å². The van der Waals surface area contributed by atoms with Crippen molar-refractivity contribution in [2.75, 3.05) is 13.7 Å². The van der Waals surface area contributed by atoms with E-state index in [1.165, 1.54) is 0 Å². The molecule has 0 saturated carbocycles. The van der Waals surface area contributed by atoms with Crippen LogP contribution in [-0.2, 0) is 11.3 Å². The third-order valence-corrected chi connectivity index (χ3v) is 3.38. The van der Waals surface area contributed by atoms with E-state index in [-0.39, 0.29) is 0 Å². The van der Waals surface area contributed by atoms with Gasteiger partial charge in [-0.15, -0.1) is 0 Å². The van der Waals surface area contributed by atoms with Crippen LogP contribution in [-0.4, -0.2) is 19.8 Å². The first kappa shape index (κ1) is 13.4. The van der Waals surface area contributed by atoms with Crippen molar-refractivity contribution < 1.29 is 9.15 Å². The predicted octanol–water partition coefficient (Wildman–Crippen LogP) is 3.60. The number of fused-ring (bicyclic) bond motifs is 1. The Morgan fingerprint density at radius 2 is 2.17 bits per heavy atom. The number of ether oxygens (including phenoxy) is 1. The topological polar surface area (TPSA) is 34.4 Å². The van der Waals surface area contributed by atoms with Crippen LogP contribution in [0.15, 0.2) is 28.7 Å². The highest BCUT2D eigenvalue weighted by atomic mass is 35.5. The number of halogens is 1. The van der Waals surface area contributed by atoms with Gasteiger partial charge in [0, 0.05) is 30.6 Å². The van der Waals surface area contributed by atoms with Crippen LogP contribution in [0.5, 0.6) is 0 Å². The first-order valence-corrected chi connectivity index (χ1v) is 6.52. The number of methoxy groups -OCH3 is 1. The van der Waals surface area contributed by atoms with Gasteiger partial charge in [0.1, 0.15) is 5.58 Å². The van der Waals surface area contributed by atoms with Crippen LogP contribution in [0.1, 0.15) is 18.9 Å². The highest BCUT2D eigenvalue weighted by Crippen LogP contribution is 2.29. The second kappa shape index (κ2) is 6.23. The van der Waals surface area contributed by atoms with Gasteiger partial charge in [0.15, 0.2) is 5.22 Å². The molecule has 4 heteroatoms. The molecular weight excluding hydrogens is 250 g/mol. The number of benzene rings is 1. The van der Waals surface area contributed by atoms with Crippen molar-refractivity contribution in [1.82, 2.24) is 5.32 Å². The minimum absolute atomic E-state index is 0.333. The van der Waals surface area contributed by atoms with E-state index in [9.17, 15) is 0 Å². The van der Waals surface area contributed by atoms with Crippen molar-refractivity contribution in [3.05, 3.63) is 35.0 Å². The van der Waals surface area contributed by atoms with Crippen LogP contribution in [0.4, 0.5) is 0 Å². The molecule has 0 fully saturated rings. The Morgan fingerprint density at radius 1 is 1.39 bits per heavy atom. The van der Waals surface area contributed by atoms with E-state index in [0.29, 0.717) is 24.4 Å². The summed E-state index contributed by atoms with van der Waals surface area (Å²) in [5.41, 5.74) is 1.85. The zero-order valence-electron chi connectivity index (χ0n) is 10.7. The Morgan fingerprint density at radius 3 is 2.89 bits per heavy atom. The predicted molar refractivity (Wildman–Crippen MR) is 74.0 cm³/mol. The monoisotopic (exact) mass is 267 g/mol. The summed E-state index contributed by atoms with van der Waals surface area (Å²) in [6, 6.07) is 8.22. The molecule has 0 amide bonds. The fraction of sp³-hybridized carbons (Fsp3) is 0.429. The van der Waals surface area contributed by atoms with Gasteiger partial charge < -0.3 is 14.5 Å². The second-order valence-corrected chi connectivity index (χ2v) is 4.64. The van der Waals surface area contributed by atoms with E-state index in [2.05, 4.69) is 12.2 Å². The quantitative estimate of drug-likeness (QED) is 0.868. The molecule has 1 unspecified atom stereocenters. The molecule has 0 radical (unpaired) electrons. The van der Waals surface area contributed by atoms with Crippen molar-refractivity contribution in [2.24, 2.45) is 0 Å². The molecule has 0 aliphatic rings. The van der Waals surface area contributed by atoms with Crippen LogP contribution in [0.25, 0.3) is 11.0 Å². The molecule has 1 aromatic carbocycles. The summed E-state index contributed by atoms with van der Waals surface area (Å²) in [4.78, 5) is 0. The maximum absolute atomic E-state index is 6.13. The second-order valence-electron chi connectivity index (χ2n) is 4.29. The van der Waals surface area contributed by atoms with Gasteiger partial charge in [-0.25, -0.2) is 0 Å². The van der Waals surface area contributed by atoms with E-state index in [1.807, 2.05) is 24.3 Å². The Kier molecular flexibility index (Phi) is 4.64. The minimum atomic E-state index is 0.333. The van der Waals surface area contributed by atoms with Gasteiger partial charge in [0.2, 0.25) is 0 Å². The zero-order valence-corrected chi connectivity index (χ0v) is 11.5. The van der Waals surface area contributed by atoms with Crippen molar-refractivity contribution in [2.45, 2.75) is 25.9 Å². The minimum Gasteiger partial charge on any atom is -0.444 e. The summed E-state index contributed by atoms with van der Waals surface area (Å²) in [7, 11) is 1.71. The Balaban J connectivity index is 2.13. The molecule has 0 aliphatic heterocycles. The third kappa shape index (κ3) is 2.86. The molecule has 18 heavy (non-hydrogen) atoms. The smallest absolute Gasteiger partial charge is 0.199 e. The fourth-order valence-electron chi connectivity index (χ4n) is 2.00. The zero-order chi connectivity index (χ0) is 13.0. The third-order valence-electron chi connectivity index (χ3n) is 3.08. The lowest BCUT2D eigenvalue weighted by Gasteiger charge is -2.15. The summed E-state index contributed by atoms with van der Waals surface area (Å²) >= 11 is 6.13. The molecule has 3 nitrogen and oxygen atoms in total. The highest BCUT2D eigenvalue weighted by molar-refractivity contribution is 6.30. The van der Waals surface area contributed by atoms with Crippen molar-refractivity contribution in [1.29, 1.82) is 0 Å². The summed E-state index contributed by atoms with van der Waals surface area (Å²) in [6.45, 7) is 3.52. The standard InChI is InChI=1S/C14H18ClNO2/c1-3-10(9-17-2)16-8-12-11-6-4-5-7-13(11)18-14(12)15/h4-7,10,16H,3,8-9H2,1-2H3. The van der Waals surface area contributed by atoms with E-state index < -0.39 is 0 Å². The number of para-hydroxylation sites is 1. The van der Waals surface area contributed by atoms with Crippen LogP contribution in [0.2, 0.25) is 5.22 Å². The van der Waals surface area contributed by atoms with Crippen LogP contribution >= 0.6 is 11.6 Å². The molecular formula is C14H18ClNO2. The SMILES string of the molecule is CCC(COC)NCc1c(Cl)oc2ccccc12. The maximum atomic E-state index is 6.13. The van der Waals surface area contributed by atoms with Gasteiger partial charge in [0.05, 0.1) is 6.61 Å². The molecule has 1 atom stereocenters. The lowest BCUT2D eigenvalue weighted by atomic mass is 10.1. The van der Waals surface area contributed by atoms with Gasteiger partial charge in [-0.3, -0.25) is 0 Å². The molecule has 2 rings (SSSR count). The van der Waals surface area contributed by atoms with Gasteiger partial charge in [-0.2, -0.15) is 0 Å². The molecule has 0 bridgehead atoms. The molecule has 1 heterocycles. The number of hydrogen-bond donors (Lipinski definition) is 1. The number of furan rings is 1. The van der Waals surface area contributed by atoms with E-state index in [4.69, 9.17) is 20.8 Å². The van der Waals surface area contributed by atoms with Gasteiger partial charge in [0.25, 0.3) is 0 Å². The van der Waals surface area contributed by atoms with E-state index in [0.717, 1.165) is 23.0 Å². The summed E-state index contributed by atoms with van der Waals surface area (Å²) in [5.74, 6) is 0. The Labute approximate surface area is 112 Å². The summed E-state index contributed by atoms with van der Waals surface area (Å²) in [5, 5.41) is 4.98. The number of nitrogens with one attached hydrogen (secondary N) is 1. The average Bonchev–Trinajstić information content (AvgIpc) is 2.70. The van der Waals surface area contributed by atoms with Gasteiger partial charge in [-0.05, 0) is 24.1 Å². The summed E-state index contributed by atoms with van der Waals surface area (Å²) < 4.78 is 10.7. The van der Waals surface area contributed by atoms with Crippen LogP contribution in [0, 0.1) is 0 Å². The molecule has 0 saturated heterocycles. The number of rotatable bonds is 6. The highest BCUT2D eigenvalue weighted by Gasteiger charge is 2.13. The molecule has 0 aliphatic carbocycles. The molecule has 2 aromatic rings.